The van der Waals surface area contributed by atoms with Crippen LogP contribution in [0.15, 0.2) is 24.3 Å². The first kappa shape index (κ1) is 20.0. The van der Waals surface area contributed by atoms with Gasteiger partial charge in [-0.25, -0.2) is 9.59 Å². The van der Waals surface area contributed by atoms with Crippen molar-refractivity contribution in [2.24, 2.45) is 0 Å². The van der Waals surface area contributed by atoms with Crippen LogP contribution in [0.25, 0.3) is 0 Å². The molecular formula is C20H27BrN2O4. The third-order valence-electron chi connectivity index (χ3n) is 4.50. The first-order valence-electron chi connectivity index (χ1n) is 9.14. The fraction of sp³-hybridized carbons (Fsp3) is 0.600. The summed E-state index contributed by atoms with van der Waals surface area (Å²) < 4.78 is 10.7. The van der Waals surface area contributed by atoms with E-state index in [9.17, 15) is 9.59 Å². The Morgan fingerprint density at radius 1 is 1.04 bits per heavy atom. The third-order valence-corrected chi connectivity index (χ3v) is 5.73. The minimum Gasteiger partial charge on any atom is -0.444 e. The van der Waals surface area contributed by atoms with Crippen LogP contribution in [0.4, 0.5) is 15.3 Å². The fourth-order valence-corrected chi connectivity index (χ4v) is 4.55. The fourth-order valence-electron chi connectivity index (χ4n) is 3.59. The molecule has 2 amide bonds. The van der Waals surface area contributed by atoms with Crippen molar-refractivity contribution in [2.75, 3.05) is 11.4 Å². The minimum absolute atomic E-state index is 0.435. The largest absolute Gasteiger partial charge is 0.444 e. The monoisotopic (exact) mass is 438 g/mol. The summed E-state index contributed by atoms with van der Waals surface area (Å²) in [6, 6.07) is 7.69. The highest BCUT2D eigenvalue weighted by molar-refractivity contribution is 9.09. The van der Waals surface area contributed by atoms with Crippen molar-refractivity contribution < 1.29 is 19.1 Å². The zero-order valence-electron chi connectivity index (χ0n) is 16.7. The molecule has 2 aliphatic rings. The lowest BCUT2D eigenvalue weighted by Gasteiger charge is -2.36. The number of rotatable bonds is 0. The van der Waals surface area contributed by atoms with Gasteiger partial charge in [-0.3, -0.25) is 9.80 Å². The molecule has 2 heterocycles. The van der Waals surface area contributed by atoms with Gasteiger partial charge in [0.15, 0.2) is 0 Å². The van der Waals surface area contributed by atoms with Crippen LogP contribution in [0.1, 0.15) is 53.5 Å². The van der Waals surface area contributed by atoms with Gasteiger partial charge in [-0.2, -0.15) is 0 Å². The number of carbonyl (C=O) groups is 2. The van der Waals surface area contributed by atoms with E-state index in [0.717, 1.165) is 11.3 Å². The molecule has 6 nitrogen and oxygen atoms in total. The lowest BCUT2D eigenvalue weighted by Crippen LogP contribution is -2.54. The summed E-state index contributed by atoms with van der Waals surface area (Å²) in [5, 5.41) is 0. The van der Waals surface area contributed by atoms with Crippen molar-refractivity contribution in [3.05, 3.63) is 29.8 Å². The number of benzene rings is 1. The van der Waals surface area contributed by atoms with E-state index in [1.54, 1.807) is 9.80 Å². The molecule has 0 aliphatic carbocycles. The second kappa shape index (κ2) is 6.40. The number of anilines is 1. The molecule has 7 heteroatoms. The molecule has 0 bridgehead atoms. The van der Waals surface area contributed by atoms with Gasteiger partial charge in [0.2, 0.25) is 0 Å². The average Bonchev–Trinajstić information content (AvgIpc) is 2.95. The highest BCUT2D eigenvalue weighted by Gasteiger charge is 2.60. The Labute approximate surface area is 168 Å². The van der Waals surface area contributed by atoms with Crippen LogP contribution in [-0.4, -0.2) is 41.0 Å². The number of ether oxygens (including phenoxy) is 2. The zero-order valence-corrected chi connectivity index (χ0v) is 18.3. The van der Waals surface area contributed by atoms with Crippen LogP contribution >= 0.6 is 15.9 Å². The van der Waals surface area contributed by atoms with Crippen LogP contribution in [0, 0.1) is 0 Å². The average molecular weight is 439 g/mol. The van der Waals surface area contributed by atoms with Crippen molar-refractivity contribution in [2.45, 2.75) is 69.7 Å². The van der Waals surface area contributed by atoms with Gasteiger partial charge in [0, 0.05) is 6.54 Å². The molecule has 0 radical (unpaired) electrons. The van der Waals surface area contributed by atoms with E-state index >= 15 is 0 Å². The summed E-state index contributed by atoms with van der Waals surface area (Å²) in [6.07, 6.45) is -0.778. The molecule has 1 fully saturated rings. The molecule has 2 aliphatic heterocycles. The van der Waals surface area contributed by atoms with Crippen molar-refractivity contribution >= 4 is 33.8 Å². The van der Waals surface area contributed by atoms with Gasteiger partial charge in [-0.1, -0.05) is 34.1 Å². The number of hydrogen-bond acceptors (Lipinski definition) is 4. The Hall–Kier alpha value is -1.76. The van der Waals surface area contributed by atoms with Crippen molar-refractivity contribution in [1.82, 2.24) is 4.90 Å². The number of halogens is 1. The predicted octanol–water partition coefficient (Wildman–Crippen LogP) is 5.00. The lowest BCUT2D eigenvalue weighted by molar-refractivity contribution is 0.0197. The van der Waals surface area contributed by atoms with Gasteiger partial charge in [0.1, 0.15) is 17.4 Å². The van der Waals surface area contributed by atoms with Crippen molar-refractivity contribution in [1.29, 1.82) is 0 Å². The van der Waals surface area contributed by atoms with E-state index in [1.807, 2.05) is 65.8 Å². The SMILES string of the molecule is CC(C)(C)OC(=O)N1CC[C@@]2(Br)c3ccccc3N(C(=O)OC(C)(C)C)[C@@H]12. The lowest BCUT2D eigenvalue weighted by atomic mass is 9.98. The van der Waals surface area contributed by atoms with Crippen molar-refractivity contribution in [3.8, 4) is 0 Å². The van der Waals surface area contributed by atoms with E-state index in [2.05, 4.69) is 15.9 Å². The highest BCUT2D eigenvalue weighted by Crippen LogP contribution is 2.56. The molecule has 0 aromatic heterocycles. The van der Waals surface area contributed by atoms with Gasteiger partial charge in [-0.05, 0) is 59.6 Å². The molecule has 148 valence electrons. The summed E-state index contributed by atoms with van der Waals surface area (Å²) in [6.45, 7) is 11.5. The van der Waals surface area contributed by atoms with Gasteiger partial charge in [0.25, 0.3) is 0 Å². The summed E-state index contributed by atoms with van der Waals surface area (Å²) in [7, 11) is 0. The highest BCUT2D eigenvalue weighted by atomic mass is 79.9. The number of fused-ring (bicyclic) bond motifs is 3. The standard InChI is InChI=1S/C20H27BrN2O4/c1-18(2,3)26-16(24)22-12-11-20(21)13-9-7-8-10-14(13)23(15(20)22)17(25)27-19(4,5)6/h7-10,15H,11-12H2,1-6H3/t15-,20-/m1/s1. The quantitative estimate of drug-likeness (QED) is 0.534. The first-order chi connectivity index (χ1) is 12.3. The Kier molecular flexibility index (Phi) is 4.74. The topological polar surface area (TPSA) is 59.1 Å². The maximum absolute atomic E-state index is 13.1. The van der Waals surface area contributed by atoms with E-state index in [-0.39, 0.29) is 0 Å². The molecule has 3 rings (SSSR count). The molecule has 1 aromatic rings. The normalized spacial score (nSPS) is 24.5. The van der Waals surface area contributed by atoms with Crippen LogP contribution in [0.3, 0.4) is 0 Å². The zero-order chi connectivity index (χ0) is 20.2. The van der Waals surface area contributed by atoms with Crippen LogP contribution < -0.4 is 4.90 Å². The Morgan fingerprint density at radius 3 is 2.19 bits per heavy atom. The molecule has 0 spiro atoms. The van der Waals surface area contributed by atoms with Crippen LogP contribution in [-0.2, 0) is 13.8 Å². The van der Waals surface area contributed by atoms with E-state index in [0.29, 0.717) is 13.0 Å². The summed E-state index contributed by atoms with van der Waals surface area (Å²) in [5.74, 6) is 0. The molecule has 2 atom stereocenters. The minimum atomic E-state index is -0.640. The second-order valence-electron chi connectivity index (χ2n) is 9.03. The number of likely N-dealkylation sites (tertiary alicyclic amines) is 1. The second-order valence-corrected chi connectivity index (χ2v) is 10.4. The maximum atomic E-state index is 13.1. The number of alkyl halides is 1. The van der Waals surface area contributed by atoms with Gasteiger partial charge >= 0.3 is 12.2 Å². The molecule has 0 saturated carbocycles. The molecule has 0 N–H and O–H groups in total. The van der Waals surface area contributed by atoms with E-state index < -0.39 is 33.9 Å². The van der Waals surface area contributed by atoms with E-state index in [1.165, 1.54) is 0 Å². The summed E-state index contributed by atoms with van der Waals surface area (Å²) in [4.78, 5) is 29.1. The summed E-state index contributed by atoms with van der Waals surface area (Å²) >= 11 is 3.85. The van der Waals surface area contributed by atoms with E-state index in [4.69, 9.17) is 9.47 Å². The first-order valence-corrected chi connectivity index (χ1v) is 9.93. The Balaban J connectivity index is 2.02. The van der Waals surface area contributed by atoms with Gasteiger partial charge in [0.05, 0.1) is 10.0 Å². The number of hydrogen-bond donors (Lipinski definition) is 0. The van der Waals surface area contributed by atoms with Gasteiger partial charge < -0.3 is 9.47 Å². The van der Waals surface area contributed by atoms with Crippen LogP contribution in [0.5, 0.6) is 0 Å². The predicted molar refractivity (Wildman–Crippen MR) is 107 cm³/mol. The molecular weight excluding hydrogens is 412 g/mol. The smallest absolute Gasteiger partial charge is 0.416 e. The Morgan fingerprint density at radius 2 is 1.59 bits per heavy atom. The van der Waals surface area contributed by atoms with Crippen LogP contribution in [0.2, 0.25) is 0 Å². The molecule has 27 heavy (non-hydrogen) atoms. The number of amides is 2. The molecule has 0 unspecified atom stereocenters. The number of nitrogens with zero attached hydrogens (tertiary/aromatic N) is 2. The summed E-state index contributed by atoms with van der Waals surface area (Å²) in [5.41, 5.74) is 0.476. The van der Waals surface area contributed by atoms with Crippen molar-refractivity contribution in [3.63, 3.8) is 0 Å². The maximum Gasteiger partial charge on any atom is 0.416 e. The molecule has 1 saturated heterocycles. The number of carbonyl (C=O) groups excluding carboxylic acids is 2. The molecule has 1 aromatic carbocycles. The Bertz CT molecular complexity index is 768. The third kappa shape index (κ3) is 3.66. The number of para-hydroxylation sites is 1. The van der Waals surface area contributed by atoms with Gasteiger partial charge in [-0.15, -0.1) is 0 Å².